The lowest BCUT2D eigenvalue weighted by atomic mass is 10.1. The number of hydrogen-bond acceptors (Lipinski definition) is 3. The first kappa shape index (κ1) is 15.0. The van der Waals surface area contributed by atoms with Crippen LogP contribution in [-0.4, -0.2) is 54.3 Å². The quantitative estimate of drug-likeness (QED) is 0.895. The average Bonchev–Trinajstić information content (AvgIpc) is 3.31. The molecule has 5 heteroatoms. The van der Waals surface area contributed by atoms with Gasteiger partial charge in [0.05, 0.1) is 6.54 Å². The van der Waals surface area contributed by atoms with Gasteiger partial charge in [-0.3, -0.25) is 14.5 Å². The number of nitrogens with zero attached hydrogens (tertiary/aromatic N) is 2. The maximum Gasteiger partial charge on any atom is 0.231 e. The lowest BCUT2D eigenvalue weighted by Gasteiger charge is -2.21. The van der Waals surface area contributed by atoms with Crippen LogP contribution in [0.5, 0.6) is 0 Å². The van der Waals surface area contributed by atoms with Crippen LogP contribution in [0.2, 0.25) is 0 Å². The molecule has 2 atom stereocenters. The van der Waals surface area contributed by atoms with E-state index in [0.29, 0.717) is 12.5 Å². The lowest BCUT2D eigenvalue weighted by molar-refractivity contribution is -0.132. The Kier molecular flexibility index (Phi) is 4.43. The molecule has 118 valence electrons. The van der Waals surface area contributed by atoms with Crippen LogP contribution in [0.25, 0.3) is 0 Å². The van der Waals surface area contributed by atoms with Crippen LogP contribution in [0.15, 0.2) is 30.3 Å². The van der Waals surface area contributed by atoms with Crippen LogP contribution in [0.4, 0.5) is 0 Å². The van der Waals surface area contributed by atoms with E-state index in [1.165, 1.54) is 5.56 Å². The summed E-state index contributed by atoms with van der Waals surface area (Å²) >= 11 is 0. The first-order chi connectivity index (χ1) is 10.6. The molecule has 0 radical (unpaired) electrons. The minimum Gasteiger partial charge on any atom is -0.369 e. The molecular formula is C17H23N3O2. The van der Waals surface area contributed by atoms with Gasteiger partial charge in [0.15, 0.2) is 0 Å². The molecule has 1 aromatic carbocycles. The molecular weight excluding hydrogens is 278 g/mol. The molecule has 0 bridgehead atoms. The van der Waals surface area contributed by atoms with Crippen LogP contribution in [0, 0.1) is 5.92 Å². The van der Waals surface area contributed by atoms with Crippen molar-refractivity contribution in [2.45, 2.75) is 18.8 Å². The number of carbonyl (C=O) groups excluding carboxylic acids is 2. The van der Waals surface area contributed by atoms with Gasteiger partial charge in [0.2, 0.25) is 11.8 Å². The van der Waals surface area contributed by atoms with E-state index in [0.717, 1.165) is 32.5 Å². The van der Waals surface area contributed by atoms with Gasteiger partial charge in [-0.05, 0) is 24.3 Å². The minimum atomic E-state index is -0.300. The monoisotopic (exact) mass is 301 g/mol. The molecule has 1 aliphatic carbocycles. The normalized spacial score (nSPS) is 25.5. The highest BCUT2D eigenvalue weighted by atomic mass is 16.2. The Labute approximate surface area is 131 Å². The van der Waals surface area contributed by atoms with Crippen molar-refractivity contribution in [2.24, 2.45) is 11.7 Å². The van der Waals surface area contributed by atoms with E-state index in [2.05, 4.69) is 12.1 Å². The van der Waals surface area contributed by atoms with Gasteiger partial charge in [0.1, 0.15) is 0 Å². The van der Waals surface area contributed by atoms with Crippen molar-refractivity contribution < 1.29 is 9.59 Å². The minimum absolute atomic E-state index is 0.144. The molecule has 3 rings (SSSR count). The van der Waals surface area contributed by atoms with Crippen LogP contribution < -0.4 is 5.73 Å². The molecule has 1 aromatic rings. The van der Waals surface area contributed by atoms with Crippen molar-refractivity contribution in [2.75, 3.05) is 32.7 Å². The average molecular weight is 301 g/mol. The Balaban J connectivity index is 1.54. The molecule has 2 N–H and O–H groups in total. The van der Waals surface area contributed by atoms with Crippen molar-refractivity contribution >= 4 is 11.8 Å². The number of rotatable bonds is 4. The number of amides is 2. The van der Waals surface area contributed by atoms with Gasteiger partial charge in [0.25, 0.3) is 0 Å². The topological polar surface area (TPSA) is 66.6 Å². The first-order valence-corrected chi connectivity index (χ1v) is 7.99. The second-order valence-corrected chi connectivity index (χ2v) is 6.28. The molecule has 5 nitrogen and oxygen atoms in total. The summed E-state index contributed by atoms with van der Waals surface area (Å²) in [5.41, 5.74) is 6.52. The summed E-state index contributed by atoms with van der Waals surface area (Å²) in [6.07, 6.45) is 1.87. The number of hydrogen-bond donors (Lipinski definition) is 1. The SMILES string of the molecule is NC(=O)CN1CCCN(C(=O)[C@@H]2C[C@@H]2c2ccccc2)CC1. The van der Waals surface area contributed by atoms with E-state index < -0.39 is 0 Å². The van der Waals surface area contributed by atoms with E-state index in [1.54, 1.807) is 0 Å². The van der Waals surface area contributed by atoms with Gasteiger partial charge in [-0.1, -0.05) is 30.3 Å². The molecule has 1 aliphatic heterocycles. The highest BCUT2D eigenvalue weighted by Gasteiger charge is 2.45. The maximum atomic E-state index is 12.6. The third-order valence-electron chi connectivity index (χ3n) is 4.61. The van der Waals surface area contributed by atoms with Gasteiger partial charge >= 0.3 is 0 Å². The maximum absolute atomic E-state index is 12.6. The molecule has 0 spiro atoms. The molecule has 1 saturated carbocycles. The largest absolute Gasteiger partial charge is 0.369 e. The van der Waals surface area contributed by atoms with E-state index in [1.807, 2.05) is 28.0 Å². The Morgan fingerprint density at radius 1 is 1.09 bits per heavy atom. The second-order valence-electron chi connectivity index (χ2n) is 6.28. The van der Waals surface area contributed by atoms with Crippen LogP contribution in [0.1, 0.15) is 24.3 Å². The highest BCUT2D eigenvalue weighted by molar-refractivity contribution is 5.83. The van der Waals surface area contributed by atoms with E-state index in [4.69, 9.17) is 5.73 Å². The van der Waals surface area contributed by atoms with Crippen LogP contribution in [-0.2, 0) is 9.59 Å². The second kappa shape index (κ2) is 6.48. The van der Waals surface area contributed by atoms with Gasteiger partial charge in [0, 0.05) is 32.1 Å². The molecule has 22 heavy (non-hydrogen) atoms. The van der Waals surface area contributed by atoms with Gasteiger partial charge in [-0.25, -0.2) is 0 Å². The molecule has 0 unspecified atom stereocenters. The Bertz CT molecular complexity index is 546. The summed E-state index contributed by atoms with van der Waals surface area (Å²) in [5, 5.41) is 0. The van der Waals surface area contributed by atoms with Crippen LogP contribution in [0.3, 0.4) is 0 Å². The predicted octanol–water partition coefficient (Wildman–Crippen LogP) is 0.810. The number of benzene rings is 1. The number of primary amides is 1. The molecule has 2 aliphatic rings. The lowest BCUT2D eigenvalue weighted by Crippen LogP contribution is -2.38. The summed E-state index contributed by atoms with van der Waals surface area (Å²) < 4.78 is 0. The van der Waals surface area contributed by atoms with E-state index >= 15 is 0 Å². The fourth-order valence-corrected chi connectivity index (χ4v) is 3.34. The van der Waals surface area contributed by atoms with E-state index in [-0.39, 0.29) is 24.3 Å². The van der Waals surface area contributed by atoms with Gasteiger partial charge in [-0.2, -0.15) is 0 Å². The zero-order valence-electron chi connectivity index (χ0n) is 12.8. The van der Waals surface area contributed by atoms with Crippen molar-refractivity contribution in [3.63, 3.8) is 0 Å². The summed E-state index contributed by atoms with van der Waals surface area (Å²) in [5.74, 6) is 0.504. The van der Waals surface area contributed by atoms with Crippen molar-refractivity contribution in [3.8, 4) is 0 Å². The third-order valence-corrected chi connectivity index (χ3v) is 4.61. The molecule has 2 fully saturated rings. The highest BCUT2D eigenvalue weighted by Crippen LogP contribution is 2.48. The Morgan fingerprint density at radius 3 is 2.59 bits per heavy atom. The van der Waals surface area contributed by atoms with Crippen molar-refractivity contribution in [1.29, 1.82) is 0 Å². The summed E-state index contributed by atoms with van der Waals surface area (Å²) in [6.45, 7) is 3.34. The standard InChI is InChI=1S/C17H23N3O2/c18-16(21)12-19-7-4-8-20(10-9-19)17(22)15-11-14(15)13-5-2-1-3-6-13/h1-3,5-6,14-15H,4,7-12H2,(H2,18,21)/t14-,15-/m1/s1. The van der Waals surface area contributed by atoms with Crippen molar-refractivity contribution in [1.82, 2.24) is 9.80 Å². The van der Waals surface area contributed by atoms with Gasteiger partial charge < -0.3 is 10.6 Å². The summed E-state index contributed by atoms with van der Waals surface area (Å²) in [4.78, 5) is 27.7. The molecule has 1 saturated heterocycles. The van der Waals surface area contributed by atoms with Crippen LogP contribution >= 0.6 is 0 Å². The third kappa shape index (κ3) is 3.47. The Morgan fingerprint density at radius 2 is 1.86 bits per heavy atom. The fourth-order valence-electron chi connectivity index (χ4n) is 3.34. The Hall–Kier alpha value is -1.88. The summed E-state index contributed by atoms with van der Waals surface area (Å²) in [6, 6.07) is 10.3. The number of carbonyl (C=O) groups is 2. The molecule has 2 amide bonds. The zero-order chi connectivity index (χ0) is 15.5. The summed E-state index contributed by atoms with van der Waals surface area (Å²) in [7, 11) is 0. The molecule has 1 heterocycles. The van der Waals surface area contributed by atoms with E-state index in [9.17, 15) is 9.59 Å². The van der Waals surface area contributed by atoms with Crippen molar-refractivity contribution in [3.05, 3.63) is 35.9 Å². The smallest absolute Gasteiger partial charge is 0.231 e. The molecule has 0 aromatic heterocycles. The zero-order valence-corrected chi connectivity index (χ0v) is 12.8. The fraction of sp³-hybridized carbons (Fsp3) is 0.529. The first-order valence-electron chi connectivity index (χ1n) is 7.99. The van der Waals surface area contributed by atoms with Gasteiger partial charge in [-0.15, -0.1) is 0 Å². The number of nitrogens with two attached hydrogens (primary N) is 1. The predicted molar refractivity (Wildman–Crippen MR) is 84.1 cm³/mol.